The minimum absolute atomic E-state index is 0.121. The van der Waals surface area contributed by atoms with Gasteiger partial charge in [0.25, 0.3) is 11.8 Å². The number of carbonyl (C=O) groups is 1. The van der Waals surface area contributed by atoms with E-state index in [-0.39, 0.29) is 22.4 Å². The predicted molar refractivity (Wildman–Crippen MR) is 123 cm³/mol. The molecule has 0 atom stereocenters. The SMILES string of the molecule is CCCCN(CC)S(=O)(=O)c1ccc(C(=O)Nc2nnc(-c3ccc(Cl)cc3Cl)o2)cc1. The van der Waals surface area contributed by atoms with Gasteiger partial charge in [0.15, 0.2) is 0 Å². The quantitative estimate of drug-likeness (QED) is 0.441. The summed E-state index contributed by atoms with van der Waals surface area (Å²) in [5.74, 6) is -0.403. The molecule has 0 aliphatic heterocycles. The zero-order chi connectivity index (χ0) is 23.3. The van der Waals surface area contributed by atoms with Crippen LogP contribution in [0.4, 0.5) is 6.01 Å². The van der Waals surface area contributed by atoms with Gasteiger partial charge in [-0.1, -0.05) is 48.6 Å². The zero-order valence-corrected chi connectivity index (χ0v) is 19.8. The fourth-order valence-electron chi connectivity index (χ4n) is 2.92. The van der Waals surface area contributed by atoms with Crippen LogP contribution in [-0.2, 0) is 10.0 Å². The first-order valence-electron chi connectivity index (χ1n) is 9.96. The molecule has 170 valence electrons. The number of unbranched alkanes of at least 4 members (excludes halogenated alkanes) is 1. The van der Waals surface area contributed by atoms with Crippen LogP contribution < -0.4 is 5.32 Å². The molecule has 0 bridgehead atoms. The van der Waals surface area contributed by atoms with Gasteiger partial charge in [0.2, 0.25) is 10.0 Å². The average Bonchev–Trinajstić information content (AvgIpc) is 3.22. The first-order chi connectivity index (χ1) is 15.3. The third-order valence-corrected chi connectivity index (χ3v) is 7.21. The molecule has 3 aromatic rings. The molecule has 0 spiro atoms. The number of nitrogens with zero attached hydrogens (tertiary/aromatic N) is 3. The van der Waals surface area contributed by atoms with E-state index in [1.807, 2.05) is 6.92 Å². The van der Waals surface area contributed by atoms with Crippen molar-refractivity contribution in [2.75, 3.05) is 18.4 Å². The molecule has 0 saturated carbocycles. The molecule has 11 heteroatoms. The van der Waals surface area contributed by atoms with Gasteiger partial charge in [-0.3, -0.25) is 10.1 Å². The minimum Gasteiger partial charge on any atom is -0.403 e. The second-order valence-corrected chi connectivity index (χ2v) is 9.65. The lowest BCUT2D eigenvalue weighted by atomic mass is 10.2. The number of benzene rings is 2. The molecule has 1 N–H and O–H groups in total. The topological polar surface area (TPSA) is 105 Å². The maximum absolute atomic E-state index is 12.8. The summed E-state index contributed by atoms with van der Waals surface area (Å²) in [7, 11) is -3.62. The van der Waals surface area contributed by atoms with Gasteiger partial charge in [-0.25, -0.2) is 8.42 Å². The molecule has 0 saturated heterocycles. The van der Waals surface area contributed by atoms with Crippen LogP contribution in [0.2, 0.25) is 10.0 Å². The van der Waals surface area contributed by atoms with E-state index in [0.29, 0.717) is 28.7 Å². The summed E-state index contributed by atoms with van der Waals surface area (Å²) in [5, 5.41) is 11.0. The number of nitrogens with one attached hydrogen (secondary N) is 1. The fraction of sp³-hybridized carbons (Fsp3) is 0.286. The zero-order valence-electron chi connectivity index (χ0n) is 17.5. The van der Waals surface area contributed by atoms with Crippen LogP contribution in [0.25, 0.3) is 11.5 Å². The van der Waals surface area contributed by atoms with Crippen LogP contribution in [0.15, 0.2) is 51.8 Å². The Morgan fingerprint density at radius 1 is 1.09 bits per heavy atom. The highest BCUT2D eigenvalue weighted by atomic mass is 35.5. The molecule has 1 aromatic heterocycles. The molecule has 0 unspecified atom stereocenters. The summed E-state index contributed by atoms with van der Waals surface area (Å²) in [6.45, 7) is 4.63. The van der Waals surface area contributed by atoms with Crippen molar-refractivity contribution >= 4 is 45.1 Å². The fourth-order valence-corrected chi connectivity index (χ4v) is 4.90. The predicted octanol–water partition coefficient (Wildman–Crippen LogP) is 5.11. The molecule has 3 rings (SSSR count). The van der Waals surface area contributed by atoms with E-state index in [1.54, 1.807) is 25.1 Å². The summed E-state index contributed by atoms with van der Waals surface area (Å²) in [4.78, 5) is 12.7. The molecular weight excluding hydrogens is 475 g/mol. The van der Waals surface area contributed by atoms with E-state index >= 15 is 0 Å². The van der Waals surface area contributed by atoms with Crippen LogP contribution in [0.1, 0.15) is 37.0 Å². The number of hydrogen-bond acceptors (Lipinski definition) is 6. The molecular formula is C21H22Cl2N4O4S. The van der Waals surface area contributed by atoms with Gasteiger partial charge >= 0.3 is 6.01 Å². The Balaban J connectivity index is 1.72. The Morgan fingerprint density at radius 3 is 2.44 bits per heavy atom. The maximum atomic E-state index is 12.8. The Morgan fingerprint density at radius 2 is 1.81 bits per heavy atom. The number of hydrogen-bond donors (Lipinski definition) is 1. The van der Waals surface area contributed by atoms with Crippen molar-refractivity contribution in [3.8, 4) is 11.5 Å². The number of amides is 1. The maximum Gasteiger partial charge on any atom is 0.322 e. The van der Waals surface area contributed by atoms with Gasteiger partial charge in [-0.15, -0.1) is 5.10 Å². The van der Waals surface area contributed by atoms with Gasteiger partial charge in [-0.05, 0) is 48.9 Å². The van der Waals surface area contributed by atoms with E-state index in [1.165, 1.54) is 28.6 Å². The Labute approximate surface area is 196 Å². The van der Waals surface area contributed by atoms with E-state index < -0.39 is 15.9 Å². The number of halogens is 2. The summed E-state index contributed by atoms with van der Waals surface area (Å²) >= 11 is 12.0. The molecule has 0 aliphatic rings. The van der Waals surface area contributed by atoms with Crippen molar-refractivity contribution in [3.63, 3.8) is 0 Å². The van der Waals surface area contributed by atoms with Gasteiger partial charge < -0.3 is 4.42 Å². The van der Waals surface area contributed by atoms with E-state index in [9.17, 15) is 13.2 Å². The third-order valence-electron chi connectivity index (χ3n) is 4.68. The lowest BCUT2D eigenvalue weighted by Gasteiger charge is -2.20. The first-order valence-corrected chi connectivity index (χ1v) is 12.2. The third kappa shape index (κ3) is 5.47. The van der Waals surface area contributed by atoms with Gasteiger partial charge in [-0.2, -0.15) is 4.31 Å². The van der Waals surface area contributed by atoms with Gasteiger partial charge in [0.1, 0.15) is 0 Å². The second-order valence-electron chi connectivity index (χ2n) is 6.87. The number of sulfonamides is 1. The average molecular weight is 497 g/mol. The highest BCUT2D eigenvalue weighted by Crippen LogP contribution is 2.30. The molecule has 2 aromatic carbocycles. The highest BCUT2D eigenvalue weighted by Gasteiger charge is 2.23. The summed E-state index contributed by atoms with van der Waals surface area (Å²) in [6, 6.07) is 10.4. The van der Waals surface area contributed by atoms with E-state index in [2.05, 4.69) is 15.5 Å². The van der Waals surface area contributed by atoms with Crippen molar-refractivity contribution in [2.24, 2.45) is 0 Å². The lowest BCUT2D eigenvalue weighted by Crippen LogP contribution is -2.31. The van der Waals surface area contributed by atoms with Crippen molar-refractivity contribution in [1.82, 2.24) is 14.5 Å². The standard InChI is InChI=1S/C21H22Cl2N4O4S/c1-3-5-12-27(4-2)32(29,30)16-9-6-14(7-10-16)19(28)24-21-26-25-20(31-21)17-11-8-15(22)13-18(17)23/h6-11,13H,3-5,12H2,1-2H3,(H,24,26,28). The second kappa shape index (κ2) is 10.4. The molecule has 1 heterocycles. The molecule has 0 fully saturated rings. The van der Waals surface area contributed by atoms with Crippen LogP contribution in [0, 0.1) is 0 Å². The molecule has 32 heavy (non-hydrogen) atoms. The largest absolute Gasteiger partial charge is 0.403 e. The number of aromatic nitrogens is 2. The van der Waals surface area contributed by atoms with Crippen LogP contribution in [-0.4, -0.2) is 41.9 Å². The number of anilines is 1. The minimum atomic E-state index is -3.62. The van der Waals surface area contributed by atoms with Crippen LogP contribution in [0.3, 0.4) is 0 Å². The van der Waals surface area contributed by atoms with Crippen molar-refractivity contribution < 1.29 is 17.6 Å². The molecule has 0 aliphatic carbocycles. The van der Waals surface area contributed by atoms with Crippen LogP contribution >= 0.6 is 23.2 Å². The normalized spacial score (nSPS) is 11.7. The smallest absolute Gasteiger partial charge is 0.322 e. The summed E-state index contributed by atoms with van der Waals surface area (Å²) in [5.41, 5.74) is 0.715. The Hall–Kier alpha value is -2.46. The van der Waals surface area contributed by atoms with E-state index in [4.69, 9.17) is 27.6 Å². The first kappa shape index (κ1) is 24.2. The van der Waals surface area contributed by atoms with Crippen molar-refractivity contribution in [1.29, 1.82) is 0 Å². The Kier molecular flexibility index (Phi) is 7.89. The lowest BCUT2D eigenvalue weighted by molar-refractivity contribution is 0.102. The van der Waals surface area contributed by atoms with Crippen molar-refractivity contribution in [2.45, 2.75) is 31.6 Å². The van der Waals surface area contributed by atoms with Gasteiger partial charge in [0, 0.05) is 23.7 Å². The van der Waals surface area contributed by atoms with Crippen LogP contribution in [0.5, 0.6) is 0 Å². The highest BCUT2D eigenvalue weighted by molar-refractivity contribution is 7.89. The molecule has 1 amide bonds. The molecule has 8 nitrogen and oxygen atoms in total. The van der Waals surface area contributed by atoms with Gasteiger partial charge in [0.05, 0.1) is 15.5 Å². The molecule has 0 radical (unpaired) electrons. The number of carbonyl (C=O) groups excluding carboxylic acids is 1. The summed E-state index contributed by atoms with van der Waals surface area (Å²) in [6.07, 6.45) is 1.67. The Bertz CT molecular complexity index is 1200. The van der Waals surface area contributed by atoms with E-state index in [0.717, 1.165) is 12.8 Å². The van der Waals surface area contributed by atoms with Crippen molar-refractivity contribution in [3.05, 3.63) is 58.1 Å². The number of rotatable bonds is 9. The monoisotopic (exact) mass is 496 g/mol. The summed E-state index contributed by atoms with van der Waals surface area (Å²) < 4.78 is 32.5.